The van der Waals surface area contributed by atoms with Gasteiger partial charge in [0.15, 0.2) is 0 Å². The van der Waals surface area contributed by atoms with Crippen LogP contribution in [0.15, 0.2) is 24.3 Å². The third-order valence-electron chi connectivity index (χ3n) is 5.58. The monoisotopic (exact) mass is 444 g/mol. The number of aromatic hydroxyl groups is 1. The number of aryl methyl sites for hydroxylation is 1. The molecular formula is C22H28N4O4S. The molecule has 31 heavy (non-hydrogen) atoms. The highest BCUT2D eigenvalue weighted by atomic mass is 32.1. The lowest BCUT2D eigenvalue weighted by Gasteiger charge is -2.36. The van der Waals surface area contributed by atoms with E-state index in [9.17, 15) is 9.90 Å². The number of likely N-dealkylation sites (tertiary alicyclic amines) is 1. The number of carbonyl (C=O) groups excluding carboxylic acids is 1. The summed E-state index contributed by atoms with van der Waals surface area (Å²) in [5.74, 6) is 1.37. The summed E-state index contributed by atoms with van der Waals surface area (Å²) in [5.41, 5.74) is 1.05. The average Bonchev–Trinajstić information content (AvgIpc) is 3.27. The molecule has 1 aliphatic heterocycles. The maximum atomic E-state index is 12.2. The number of carbonyl (C=O) groups is 1. The van der Waals surface area contributed by atoms with E-state index in [2.05, 4.69) is 15.0 Å². The van der Waals surface area contributed by atoms with E-state index in [1.54, 1.807) is 0 Å². The molecule has 0 radical (unpaired) electrons. The first kappa shape index (κ1) is 21.6. The summed E-state index contributed by atoms with van der Waals surface area (Å²) >= 11 is 1.45. The van der Waals surface area contributed by atoms with E-state index in [-0.39, 0.29) is 23.8 Å². The van der Waals surface area contributed by atoms with Gasteiger partial charge in [0.05, 0.1) is 30.1 Å². The Kier molecular flexibility index (Phi) is 6.43. The van der Waals surface area contributed by atoms with Crippen LogP contribution in [0.5, 0.6) is 11.6 Å². The van der Waals surface area contributed by atoms with E-state index in [0.717, 1.165) is 42.1 Å². The maximum absolute atomic E-state index is 12.2. The van der Waals surface area contributed by atoms with Gasteiger partial charge in [0, 0.05) is 0 Å². The lowest BCUT2D eigenvalue weighted by Crippen LogP contribution is -2.39. The standard InChI is InChI=1S/C22H28N4O4S/c1-4-29-17-8-6-15(7-9-17)18(19-20(27)26-22(31-19)23-14(3)24-26)25-12-10-16(11-13-25)21(28)30-5-2/h6-9,16,18,27H,4-5,10-13H2,1-3H3/t18-/m1/s1. The number of nitrogens with zero attached hydrogens (tertiary/aromatic N) is 4. The molecule has 0 saturated carbocycles. The molecule has 0 aliphatic carbocycles. The minimum atomic E-state index is -0.160. The lowest BCUT2D eigenvalue weighted by molar-refractivity contribution is -0.149. The van der Waals surface area contributed by atoms with Gasteiger partial charge in [-0.2, -0.15) is 4.52 Å². The van der Waals surface area contributed by atoms with Crippen LogP contribution in [0.2, 0.25) is 0 Å². The van der Waals surface area contributed by atoms with Gasteiger partial charge in [-0.15, -0.1) is 5.10 Å². The molecule has 4 rings (SSSR count). The summed E-state index contributed by atoms with van der Waals surface area (Å²) in [4.78, 5) is 20.4. The van der Waals surface area contributed by atoms with Gasteiger partial charge < -0.3 is 14.6 Å². The Bertz CT molecular complexity index is 1040. The van der Waals surface area contributed by atoms with Gasteiger partial charge in [-0.1, -0.05) is 23.5 Å². The van der Waals surface area contributed by atoms with Gasteiger partial charge in [-0.3, -0.25) is 9.69 Å². The number of esters is 1. The van der Waals surface area contributed by atoms with Crippen molar-refractivity contribution in [2.24, 2.45) is 5.92 Å². The smallest absolute Gasteiger partial charge is 0.309 e. The summed E-state index contributed by atoms with van der Waals surface area (Å²) in [7, 11) is 0. The topological polar surface area (TPSA) is 89.2 Å². The molecule has 1 atom stereocenters. The van der Waals surface area contributed by atoms with Crippen molar-refractivity contribution in [1.82, 2.24) is 19.5 Å². The van der Waals surface area contributed by atoms with E-state index < -0.39 is 0 Å². The van der Waals surface area contributed by atoms with Crippen molar-refractivity contribution in [3.63, 3.8) is 0 Å². The minimum absolute atomic E-state index is 0.0734. The maximum Gasteiger partial charge on any atom is 0.309 e. The number of fused-ring (bicyclic) bond motifs is 1. The molecule has 1 N–H and O–H groups in total. The summed E-state index contributed by atoms with van der Waals surface area (Å²) in [6.07, 6.45) is 1.46. The van der Waals surface area contributed by atoms with Crippen LogP contribution in [-0.2, 0) is 9.53 Å². The fourth-order valence-corrected chi connectivity index (χ4v) is 5.28. The van der Waals surface area contributed by atoms with Crippen LogP contribution in [-0.4, -0.2) is 56.9 Å². The van der Waals surface area contributed by atoms with Crippen molar-refractivity contribution in [1.29, 1.82) is 0 Å². The van der Waals surface area contributed by atoms with Crippen LogP contribution < -0.4 is 4.74 Å². The van der Waals surface area contributed by atoms with Crippen LogP contribution in [0.25, 0.3) is 4.96 Å². The predicted molar refractivity (Wildman–Crippen MR) is 118 cm³/mol. The Morgan fingerprint density at radius 2 is 1.94 bits per heavy atom. The number of hydrogen-bond donors (Lipinski definition) is 1. The van der Waals surface area contributed by atoms with E-state index >= 15 is 0 Å². The summed E-state index contributed by atoms with van der Waals surface area (Å²) in [5, 5.41) is 15.3. The molecule has 0 amide bonds. The summed E-state index contributed by atoms with van der Waals surface area (Å²) in [6.45, 7) is 8.07. The van der Waals surface area contributed by atoms with Crippen molar-refractivity contribution >= 4 is 22.3 Å². The molecule has 1 fully saturated rings. The molecule has 0 spiro atoms. The van der Waals surface area contributed by atoms with Crippen LogP contribution in [0.1, 0.15) is 49.0 Å². The average molecular weight is 445 g/mol. The van der Waals surface area contributed by atoms with Crippen LogP contribution >= 0.6 is 11.3 Å². The van der Waals surface area contributed by atoms with Gasteiger partial charge in [-0.05, 0) is 64.4 Å². The van der Waals surface area contributed by atoms with Gasteiger partial charge >= 0.3 is 5.97 Å². The quantitative estimate of drug-likeness (QED) is 0.557. The van der Waals surface area contributed by atoms with Crippen molar-refractivity contribution in [3.05, 3.63) is 40.5 Å². The molecular weight excluding hydrogens is 416 g/mol. The van der Waals surface area contributed by atoms with E-state index in [1.807, 2.05) is 45.0 Å². The highest BCUT2D eigenvalue weighted by Crippen LogP contribution is 2.41. The second kappa shape index (κ2) is 9.23. The third-order valence-corrected chi connectivity index (χ3v) is 6.65. The molecule has 3 aromatic rings. The van der Waals surface area contributed by atoms with Gasteiger partial charge in [0.1, 0.15) is 11.6 Å². The Labute approximate surface area is 185 Å². The first-order chi connectivity index (χ1) is 15.0. The number of thiazole rings is 1. The van der Waals surface area contributed by atoms with Crippen LogP contribution in [0, 0.1) is 12.8 Å². The molecule has 9 heteroatoms. The van der Waals surface area contributed by atoms with E-state index in [1.165, 1.54) is 15.9 Å². The molecule has 2 aromatic heterocycles. The number of aromatic nitrogens is 3. The van der Waals surface area contributed by atoms with Crippen molar-refractivity contribution in [2.45, 2.75) is 39.7 Å². The second-order valence-corrected chi connectivity index (χ2v) is 8.62. The summed E-state index contributed by atoms with van der Waals surface area (Å²) in [6, 6.07) is 7.82. The molecule has 166 valence electrons. The zero-order valence-corrected chi connectivity index (χ0v) is 18.9. The number of hydrogen-bond acceptors (Lipinski definition) is 8. The molecule has 0 unspecified atom stereocenters. The Balaban J connectivity index is 1.65. The fourth-order valence-electron chi connectivity index (χ4n) is 4.12. The Morgan fingerprint density at radius 3 is 2.55 bits per heavy atom. The highest BCUT2D eigenvalue weighted by Gasteiger charge is 2.34. The summed E-state index contributed by atoms with van der Waals surface area (Å²) < 4.78 is 12.3. The van der Waals surface area contributed by atoms with Gasteiger partial charge in [0.2, 0.25) is 10.8 Å². The number of ether oxygens (including phenoxy) is 2. The van der Waals surface area contributed by atoms with E-state index in [0.29, 0.717) is 24.0 Å². The van der Waals surface area contributed by atoms with Crippen molar-refractivity contribution in [2.75, 3.05) is 26.3 Å². The Hall–Kier alpha value is -2.65. The van der Waals surface area contributed by atoms with E-state index in [4.69, 9.17) is 9.47 Å². The molecule has 0 bridgehead atoms. The number of benzene rings is 1. The highest BCUT2D eigenvalue weighted by molar-refractivity contribution is 7.17. The first-order valence-corrected chi connectivity index (χ1v) is 11.5. The van der Waals surface area contributed by atoms with Crippen molar-refractivity contribution in [3.8, 4) is 11.6 Å². The zero-order valence-electron chi connectivity index (χ0n) is 18.1. The third kappa shape index (κ3) is 4.38. The SMILES string of the molecule is CCOC(=O)C1CCN([C@H](c2ccc(OCC)cc2)c2sc3nc(C)nn3c2O)CC1. The normalized spacial score (nSPS) is 16.5. The lowest BCUT2D eigenvalue weighted by atomic mass is 9.93. The zero-order chi connectivity index (χ0) is 22.0. The van der Waals surface area contributed by atoms with Crippen LogP contribution in [0.4, 0.5) is 0 Å². The molecule has 1 saturated heterocycles. The van der Waals surface area contributed by atoms with Gasteiger partial charge in [-0.25, -0.2) is 4.98 Å². The fraction of sp³-hybridized carbons (Fsp3) is 0.500. The largest absolute Gasteiger partial charge is 0.494 e. The first-order valence-electron chi connectivity index (χ1n) is 10.7. The number of piperidine rings is 1. The Morgan fingerprint density at radius 1 is 1.23 bits per heavy atom. The molecule has 1 aliphatic rings. The molecule has 3 heterocycles. The number of rotatable bonds is 7. The van der Waals surface area contributed by atoms with Gasteiger partial charge in [0.25, 0.3) is 0 Å². The van der Waals surface area contributed by atoms with Crippen LogP contribution in [0.3, 0.4) is 0 Å². The molecule has 8 nitrogen and oxygen atoms in total. The second-order valence-electron chi connectivity index (χ2n) is 7.61. The minimum Gasteiger partial charge on any atom is -0.494 e. The van der Waals surface area contributed by atoms with Crippen molar-refractivity contribution < 1.29 is 19.4 Å². The molecule has 1 aromatic carbocycles. The predicted octanol–water partition coefficient (Wildman–Crippen LogP) is 3.57.